The molecule has 1 fully saturated rings. The van der Waals surface area contributed by atoms with Crippen LogP contribution in [0.5, 0.6) is 0 Å². The number of carbonyl (C=O) groups is 10. The lowest BCUT2D eigenvalue weighted by molar-refractivity contribution is -0.148. The third kappa shape index (κ3) is 36.5. The number of rotatable bonds is 62. The highest BCUT2D eigenvalue weighted by atomic mass is 16.6. The number of primary amides is 1. The number of amides is 9. The van der Waals surface area contributed by atoms with E-state index in [0.29, 0.717) is 57.4 Å². The smallest absolute Gasteiger partial charge is 0.326 e. The number of ether oxygens (including phenoxy) is 7. The van der Waals surface area contributed by atoms with Crippen molar-refractivity contribution >= 4 is 59.1 Å². The number of benzene rings is 1. The molecule has 0 saturated carbocycles. The maximum Gasteiger partial charge on any atom is 0.326 e. The van der Waals surface area contributed by atoms with Crippen molar-refractivity contribution in [3.63, 3.8) is 0 Å². The second-order valence-corrected chi connectivity index (χ2v) is 31.8. The fourth-order valence-corrected chi connectivity index (χ4v) is 14.1. The summed E-state index contributed by atoms with van der Waals surface area (Å²) in [6.07, 6.45) is -3.88. The Morgan fingerprint density at radius 1 is 0.650 bits per heavy atom. The summed E-state index contributed by atoms with van der Waals surface area (Å²) < 4.78 is 41.4. The highest BCUT2D eigenvalue weighted by Crippen LogP contribution is 2.30. The van der Waals surface area contributed by atoms with Crippen molar-refractivity contribution in [2.75, 3.05) is 114 Å². The van der Waals surface area contributed by atoms with Gasteiger partial charge in [-0.25, -0.2) is 9.48 Å². The number of hydrogen-bond donors (Lipinski definition) is 14. The van der Waals surface area contributed by atoms with Crippen LogP contribution in [-0.4, -0.2) is 324 Å². The van der Waals surface area contributed by atoms with Crippen molar-refractivity contribution in [1.82, 2.24) is 61.6 Å². The topological polar surface area (TPSA) is 521 Å². The Balaban J connectivity index is 1.40. The van der Waals surface area contributed by atoms with Gasteiger partial charge in [0.2, 0.25) is 53.2 Å². The quantitative estimate of drug-likeness (QED) is 0.0359. The molecule has 1 aliphatic heterocycles. The van der Waals surface area contributed by atoms with Gasteiger partial charge in [0.15, 0.2) is 0 Å². The summed E-state index contributed by atoms with van der Waals surface area (Å²) in [5, 5.41) is 88.5. The molecule has 9 amide bonds. The first-order valence-electron chi connectivity index (χ1n) is 41.0. The van der Waals surface area contributed by atoms with Gasteiger partial charge < -0.3 is 117 Å². The minimum Gasteiger partial charge on any atom is -0.480 e. The van der Waals surface area contributed by atoms with Crippen LogP contribution in [0.3, 0.4) is 0 Å². The minimum absolute atomic E-state index is 0.0170. The molecule has 2 heterocycles. The molecular formula is C80H140N14O23. The average Bonchev–Trinajstić information content (AvgIpc) is 1.78. The van der Waals surface area contributed by atoms with Crippen molar-refractivity contribution in [3.8, 4) is 0 Å². The van der Waals surface area contributed by atoms with Gasteiger partial charge >= 0.3 is 5.97 Å². The summed E-state index contributed by atoms with van der Waals surface area (Å²) in [4.78, 5) is 140. The number of nitrogens with zero attached hydrogens (tertiary/aromatic N) is 6. The number of carbonyl (C=O) groups excluding carboxylic acids is 9. The first-order chi connectivity index (χ1) is 55.5. The van der Waals surface area contributed by atoms with Crippen molar-refractivity contribution in [2.45, 2.75) is 251 Å². The molecule has 1 aromatic heterocycles. The number of likely N-dealkylation sites (N-methyl/N-ethyl adjacent to an activating group) is 2. The van der Waals surface area contributed by atoms with Crippen LogP contribution in [0, 0.1) is 35.5 Å². The summed E-state index contributed by atoms with van der Waals surface area (Å²) >= 11 is 0. The Kier molecular flexibility index (Phi) is 49.1. The van der Waals surface area contributed by atoms with E-state index < -0.39 is 175 Å². The van der Waals surface area contributed by atoms with E-state index in [4.69, 9.17) is 44.6 Å². The van der Waals surface area contributed by atoms with E-state index in [2.05, 4.69) is 42.2 Å². The molecule has 37 nitrogen and oxygen atoms in total. The highest BCUT2D eigenvalue weighted by Gasteiger charge is 2.45. The van der Waals surface area contributed by atoms with E-state index in [9.17, 15) is 78.6 Å². The number of carboxylic acids is 1. The molecule has 0 aliphatic carbocycles. The molecular weight excluding hydrogens is 1520 g/mol. The van der Waals surface area contributed by atoms with Crippen LogP contribution in [0.15, 0.2) is 36.5 Å². The summed E-state index contributed by atoms with van der Waals surface area (Å²) in [5.74, 6) is -8.38. The zero-order valence-electron chi connectivity index (χ0n) is 71.4. The molecule has 117 heavy (non-hydrogen) atoms. The standard InChI is InChI=1S/C80H140N14O23/c1-16-52(10)69(64(111-14)42-66(99)94-29-22-26-61(94)72(112-15)53(11)74(103)86-59(80(109)110)41-54-23-18-17-19-24-54)92(13)79(108)67(50(6)7)88-78(107)68(51(8)9)91(12)44-62(96)70(100)71(101)63(97)47-117-46-55-43-93(90-89-55)30-32-114-34-36-116-38-37-115-35-33-113-31-27-65(98)83-58(40-49(4)5)76(105)87-60(45-95)77(106)84-56(25-20-21-28-81)75(104)85-57(73(82)102)39-48(2)3/h17-19,23-24,43,48-53,56-64,67-72,95-97,100-101H,16,20-22,25-42,44-47,81H2,1-15H3,(H2,82,102)(H,83,98)(H,84,106)(H,85,104)(H,86,103)(H,87,105)(H,88,107)(H,109,110)/t52-,53+,56?,57?,58?,59-,60?,61-,62?,63?,64+,67-,68-,69-,70?,71?,72+/m0/s1. The Labute approximate surface area is 689 Å². The van der Waals surface area contributed by atoms with Crippen molar-refractivity contribution in [2.24, 2.45) is 47.0 Å². The van der Waals surface area contributed by atoms with Crippen molar-refractivity contribution < 1.29 is 112 Å². The molecule has 1 aromatic carbocycles. The second kappa shape index (κ2) is 55.4. The van der Waals surface area contributed by atoms with Crippen LogP contribution in [0.4, 0.5) is 0 Å². The van der Waals surface area contributed by atoms with Crippen molar-refractivity contribution in [1.29, 1.82) is 0 Å². The van der Waals surface area contributed by atoms with E-state index >= 15 is 0 Å². The van der Waals surface area contributed by atoms with Gasteiger partial charge in [-0.15, -0.1) is 5.10 Å². The number of unbranched alkanes of at least 4 members (excludes halogenated alkanes) is 1. The molecule has 1 aliphatic rings. The number of aromatic nitrogens is 3. The third-order valence-corrected chi connectivity index (χ3v) is 20.7. The fourth-order valence-electron chi connectivity index (χ4n) is 14.1. The lowest BCUT2D eigenvalue weighted by Crippen LogP contribution is -2.60. The van der Waals surface area contributed by atoms with E-state index in [1.807, 2.05) is 47.6 Å². The van der Waals surface area contributed by atoms with Crippen LogP contribution in [0.1, 0.15) is 152 Å². The Morgan fingerprint density at radius 3 is 1.77 bits per heavy atom. The molecule has 2 aromatic rings. The van der Waals surface area contributed by atoms with E-state index in [0.717, 1.165) is 5.56 Å². The maximum absolute atomic E-state index is 14.8. The van der Waals surface area contributed by atoms with Gasteiger partial charge in [-0.1, -0.05) is 118 Å². The molecule has 17 atom stereocenters. The van der Waals surface area contributed by atoms with Crippen LogP contribution in [0.2, 0.25) is 0 Å². The fraction of sp³-hybridized carbons (Fsp3) is 0.775. The van der Waals surface area contributed by atoms with E-state index in [1.165, 1.54) is 28.7 Å². The molecule has 0 spiro atoms. The van der Waals surface area contributed by atoms with E-state index in [-0.39, 0.29) is 128 Å². The maximum atomic E-state index is 14.8. The molecule has 8 unspecified atom stereocenters. The van der Waals surface area contributed by atoms with Gasteiger partial charge in [-0.2, -0.15) is 0 Å². The number of nitrogens with two attached hydrogens (primary N) is 2. The number of likely N-dealkylation sites (tertiary alicyclic amines) is 1. The van der Waals surface area contributed by atoms with Gasteiger partial charge in [0.25, 0.3) is 0 Å². The molecule has 3 rings (SSSR count). The van der Waals surface area contributed by atoms with Crippen LogP contribution < -0.4 is 43.4 Å². The van der Waals surface area contributed by atoms with Crippen LogP contribution >= 0.6 is 0 Å². The number of aliphatic carboxylic acids is 1. The number of aliphatic hydroxyl groups is 5. The van der Waals surface area contributed by atoms with Gasteiger partial charge in [-0.3, -0.25) is 48.1 Å². The SMILES string of the molecule is CC[C@H](C)[C@@H]([C@@H](CC(=O)N1CCC[C@H]1[C@H](OC)[C@@H](C)C(=O)N[C@@H](Cc1ccccc1)C(=O)O)OC)N(C)C(=O)[C@@H](NC(=O)[C@H](C(C)C)N(C)CC(O)C(O)C(O)C(O)COCc1cn(CCOCCOCCOCCOCCC(=O)NC(CC(C)C)C(=O)NC(CO)C(=O)NC(CCCCN)C(=O)NC(CC(C)C)C(N)=O)nn1)C(C)C. The van der Waals surface area contributed by atoms with Gasteiger partial charge in [-0.05, 0) is 93.7 Å². The zero-order valence-corrected chi connectivity index (χ0v) is 71.4. The molecule has 0 bridgehead atoms. The lowest BCUT2D eigenvalue weighted by atomic mass is 9.89. The molecule has 668 valence electrons. The predicted octanol–water partition coefficient (Wildman–Crippen LogP) is -0.838. The lowest BCUT2D eigenvalue weighted by Gasteiger charge is -2.41. The predicted molar refractivity (Wildman–Crippen MR) is 431 cm³/mol. The van der Waals surface area contributed by atoms with Crippen molar-refractivity contribution in [3.05, 3.63) is 47.8 Å². The van der Waals surface area contributed by atoms with Crippen LogP contribution in [0.25, 0.3) is 0 Å². The summed E-state index contributed by atoms with van der Waals surface area (Å²) in [6, 6.07) is -0.115. The number of carboxylic acid groups (broad SMARTS) is 1. The summed E-state index contributed by atoms with van der Waals surface area (Å²) in [6.45, 7) is 21.1. The molecule has 37 heteroatoms. The largest absolute Gasteiger partial charge is 0.480 e. The van der Waals surface area contributed by atoms with Crippen LogP contribution in [-0.2, 0) is 101 Å². The Hall–Kier alpha value is -7.50. The second-order valence-electron chi connectivity index (χ2n) is 31.8. The zero-order chi connectivity index (χ0) is 87.6. The Bertz CT molecular complexity index is 3270. The number of nitrogens with one attached hydrogen (secondary N) is 6. The number of aliphatic hydroxyl groups excluding tert-OH is 5. The summed E-state index contributed by atoms with van der Waals surface area (Å²) in [5.41, 5.74) is 12.3. The van der Waals surface area contributed by atoms with Gasteiger partial charge in [0.1, 0.15) is 60.3 Å². The molecule has 16 N–H and O–H groups in total. The first-order valence-corrected chi connectivity index (χ1v) is 41.0. The molecule has 0 radical (unpaired) electrons. The number of hydrogen-bond acceptors (Lipinski definition) is 26. The summed E-state index contributed by atoms with van der Waals surface area (Å²) in [7, 11) is 6.08. The van der Waals surface area contributed by atoms with E-state index in [1.54, 1.807) is 84.1 Å². The number of methoxy groups -OCH3 is 2. The van der Waals surface area contributed by atoms with Gasteiger partial charge in [0, 0.05) is 47.2 Å². The Morgan fingerprint density at radius 2 is 1.21 bits per heavy atom. The third-order valence-electron chi connectivity index (χ3n) is 20.7. The highest BCUT2D eigenvalue weighted by molar-refractivity contribution is 5.96. The van der Waals surface area contributed by atoms with Gasteiger partial charge in [0.05, 0.1) is 134 Å². The molecule has 1 saturated heterocycles. The average molecular weight is 1670 g/mol. The monoisotopic (exact) mass is 1670 g/mol. The first kappa shape index (κ1) is 104. The normalized spacial score (nSPS) is 17.3. The minimum atomic E-state index is -1.89.